The maximum atomic E-state index is 12.7. The molecule has 1 unspecified atom stereocenters. The Morgan fingerprint density at radius 1 is 1.31 bits per heavy atom. The summed E-state index contributed by atoms with van der Waals surface area (Å²) in [6.07, 6.45) is -1.18. The quantitative estimate of drug-likeness (QED) is 0.276. The lowest BCUT2D eigenvalue weighted by Gasteiger charge is -2.18. The lowest BCUT2D eigenvalue weighted by Crippen LogP contribution is -2.31. The fraction of sp³-hybridized carbons (Fsp3) is 0.900. The van der Waals surface area contributed by atoms with Crippen LogP contribution < -0.4 is 0 Å². The Hall–Kier alpha value is -0.900. The van der Waals surface area contributed by atoms with Gasteiger partial charge in [-0.25, -0.2) is 27.3 Å². The number of carbonyl (C=O) groups excluding carboxylic acids is 1. The van der Waals surface area contributed by atoms with Crippen LogP contribution in [0.25, 0.3) is 0 Å². The maximum Gasteiger partial charge on any atom is 0.309 e. The van der Waals surface area contributed by atoms with E-state index in [0.29, 0.717) is 6.42 Å². The minimum absolute atomic E-state index is 0.214. The summed E-state index contributed by atoms with van der Waals surface area (Å²) in [5.41, 5.74) is 0. The molecule has 0 aliphatic rings. The number of rotatable bonds is 8. The highest BCUT2D eigenvalue weighted by Gasteiger charge is 2.42. The van der Waals surface area contributed by atoms with Gasteiger partial charge in [-0.3, -0.25) is 0 Å². The molecular weight excluding hydrogens is 226 g/mol. The van der Waals surface area contributed by atoms with Crippen LogP contribution >= 0.6 is 0 Å². The van der Waals surface area contributed by atoms with Crippen molar-refractivity contribution in [3.8, 4) is 0 Å². The lowest BCUT2D eigenvalue weighted by molar-refractivity contribution is -0.135. The molecule has 0 spiro atoms. The average molecular weight is 241 g/mol. The highest BCUT2D eigenvalue weighted by molar-refractivity contribution is 5.33. The van der Waals surface area contributed by atoms with E-state index in [0.717, 1.165) is 18.9 Å². The molecule has 1 atom stereocenters. The summed E-state index contributed by atoms with van der Waals surface area (Å²) < 4.78 is 49.2. The van der Waals surface area contributed by atoms with Gasteiger partial charge in [0.15, 0.2) is 0 Å². The van der Waals surface area contributed by atoms with Gasteiger partial charge in [-0.1, -0.05) is 26.2 Å². The van der Waals surface area contributed by atoms with Crippen LogP contribution in [0.1, 0.15) is 39.0 Å². The van der Waals surface area contributed by atoms with Gasteiger partial charge in [0.1, 0.15) is 0 Å². The molecule has 2 nitrogen and oxygen atoms in total. The molecule has 0 aromatic rings. The predicted molar refractivity (Wildman–Crippen MR) is 51.6 cm³/mol. The normalized spacial score (nSPS) is 13.6. The monoisotopic (exact) mass is 241 g/mol. The molecule has 0 rings (SSSR count). The standard InChI is InChI=1S/C10H15F4NO/c1-2-3-4-5-8(15-7-16)6-10(13,14)9(11)12/h8-9H,2-6H2,1H3. The molecule has 16 heavy (non-hydrogen) atoms. The number of nitrogens with zero attached hydrogens (tertiary/aromatic N) is 1. The predicted octanol–water partition coefficient (Wildman–Crippen LogP) is 3.56. The summed E-state index contributed by atoms with van der Waals surface area (Å²) >= 11 is 0. The molecule has 94 valence electrons. The number of hydrogen-bond acceptors (Lipinski definition) is 2. The number of unbranched alkanes of at least 4 members (excludes halogenated alkanes) is 2. The van der Waals surface area contributed by atoms with E-state index in [4.69, 9.17) is 0 Å². The number of hydrogen-bond donors (Lipinski definition) is 0. The molecule has 0 aliphatic carbocycles. The first-order valence-electron chi connectivity index (χ1n) is 5.17. The Bertz CT molecular complexity index is 239. The number of isocyanates is 1. The molecule has 0 heterocycles. The third kappa shape index (κ3) is 5.85. The van der Waals surface area contributed by atoms with Gasteiger partial charge in [0.05, 0.1) is 6.04 Å². The van der Waals surface area contributed by atoms with Crippen molar-refractivity contribution in [2.24, 2.45) is 4.99 Å². The van der Waals surface area contributed by atoms with Crippen LogP contribution in [0.3, 0.4) is 0 Å². The Morgan fingerprint density at radius 3 is 2.38 bits per heavy atom. The fourth-order valence-corrected chi connectivity index (χ4v) is 1.32. The summed E-state index contributed by atoms with van der Waals surface area (Å²) in [5.74, 6) is -4.09. The first-order valence-corrected chi connectivity index (χ1v) is 5.17. The Balaban J connectivity index is 4.27. The van der Waals surface area contributed by atoms with Crippen LogP contribution in [-0.2, 0) is 4.79 Å². The summed E-state index contributed by atoms with van der Waals surface area (Å²) in [7, 11) is 0. The zero-order valence-corrected chi connectivity index (χ0v) is 9.06. The minimum atomic E-state index is -4.09. The van der Waals surface area contributed by atoms with Crippen molar-refractivity contribution in [3.63, 3.8) is 0 Å². The minimum Gasteiger partial charge on any atom is -0.211 e. The van der Waals surface area contributed by atoms with Gasteiger partial charge in [0.25, 0.3) is 0 Å². The first kappa shape index (κ1) is 15.1. The van der Waals surface area contributed by atoms with E-state index in [2.05, 4.69) is 4.99 Å². The zero-order chi connectivity index (χ0) is 12.6. The van der Waals surface area contributed by atoms with Crippen molar-refractivity contribution in [1.82, 2.24) is 0 Å². The van der Waals surface area contributed by atoms with Crippen molar-refractivity contribution in [2.45, 2.75) is 57.4 Å². The van der Waals surface area contributed by atoms with Gasteiger partial charge >= 0.3 is 12.3 Å². The Labute approximate surface area is 91.7 Å². The molecule has 0 aromatic heterocycles. The molecule has 0 radical (unpaired) electrons. The van der Waals surface area contributed by atoms with E-state index in [-0.39, 0.29) is 6.42 Å². The van der Waals surface area contributed by atoms with E-state index in [9.17, 15) is 22.4 Å². The summed E-state index contributed by atoms with van der Waals surface area (Å²) in [6.45, 7) is 1.92. The molecule has 0 aliphatic heterocycles. The molecule has 0 saturated heterocycles. The summed E-state index contributed by atoms with van der Waals surface area (Å²) in [4.78, 5) is 13.1. The van der Waals surface area contributed by atoms with Gasteiger partial charge in [-0.05, 0) is 6.42 Å². The average Bonchev–Trinajstić information content (AvgIpc) is 2.17. The highest BCUT2D eigenvalue weighted by Crippen LogP contribution is 2.30. The van der Waals surface area contributed by atoms with Crippen molar-refractivity contribution in [3.05, 3.63) is 0 Å². The number of alkyl halides is 4. The van der Waals surface area contributed by atoms with Crippen molar-refractivity contribution in [2.75, 3.05) is 0 Å². The largest absolute Gasteiger partial charge is 0.309 e. The molecule has 0 saturated carbocycles. The Morgan fingerprint density at radius 2 is 1.94 bits per heavy atom. The van der Waals surface area contributed by atoms with Gasteiger partial charge in [0, 0.05) is 6.42 Å². The molecule has 0 amide bonds. The van der Waals surface area contributed by atoms with Crippen LogP contribution in [0.2, 0.25) is 0 Å². The second-order valence-electron chi connectivity index (χ2n) is 3.64. The highest BCUT2D eigenvalue weighted by atomic mass is 19.3. The second kappa shape index (κ2) is 7.39. The SMILES string of the molecule is CCCCCC(CC(F)(F)C(F)F)N=C=O. The van der Waals surface area contributed by atoms with Gasteiger partial charge in [-0.15, -0.1) is 0 Å². The van der Waals surface area contributed by atoms with Crippen LogP contribution in [-0.4, -0.2) is 24.5 Å². The van der Waals surface area contributed by atoms with Gasteiger partial charge in [-0.2, -0.15) is 0 Å². The Kier molecular flexibility index (Phi) is 6.97. The van der Waals surface area contributed by atoms with Crippen molar-refractivity contribution < 1.29 is 22.4 Å². The topological polar surface area (TPSA) is 29.4 Å². The summed E-state index contributed by atoms with van der Waals surface area (Å²) in [5, 5.41) is 0. The number of halogens is 4. The molecule has 0 fully saturated rings. The van der Waals surface area contributed by atoms with E-state index >= 15 is 0 Å². The van der Waals surface area contributed by atoms with Gasteiger partial charge < -0.3 is 0 Å². The van der Waals surface area contributed by atoms with Crippen molar-refractivity contribution in [1.29, 1.82) is 0 Å². The van der Waals surface area contributed by atoms with Crippen LogP contribution in [0.4, 0.5) is 17.6 Å². The molecule has 0 bridgehead atoms. The molecule has 0 aromatic carbocycles. The van der Waals surface area contributed by atoms with E-state index in [1.54, 1.807) is 0 Å². The van der Waals surface area contributed by atoms with Crippen molar-refractivity contribution >= 4 is 6.08 Å². The van der Waals surface area contributed by atoms with Crippen LogP contribution in [0.5, 0.6) is 0 Å². The first-order chi connectivity index (χ1) is 7.44. The zero-order valence-electron chi connectivity index (χ0n) is 9.06. The number of aliphatic imine (C=N–C) groups is 1. The van der Waals surface area contributed by atoms with E-state index in [1.165, 1.54) is 0 Å². The van der Waals surface area contributed by atoms with Crippen LogP contribution in [0.15, 0.2) is 4.99 Å². The third-order valence-electron chi connectivity index (χ3n) is 2.20. The second-order valence-corrected chi connectivity index (χ2v) is 3.64. The summed E-state index contributed by atoms with van der Waals surface area (Å²) in [6, 6.07) is -1.06. The fourth-order valence-electron chi connectivity index (χ4n) is 1.32. The maximum absolute atomic E-state index is 12.7. The molecule has 0 N–H and O–H groups in total. The third-order valence-corrected chi connectivity index (χ3v) is 2.20. The van der Waals surface area contributed by atoms with E-state index in [1.807, 2.05) is 6.92 Å². The van der Waals surface area contributed by atoms with Gasteiger partial charge in [0.2, 0.25) is 6.08 Å². The molecule has 6 heteroatoms. The van der Waals surface area contributed by atoms with E-state index < -0.39 is 24.8 Å². The lowest BCUT2D eigenvalue weighted by atomic mass is 10.0. The smallest absolute Gasteiger partial charge is 0.211 e. The van der Waals surface area contributed by atoms with Crippen LogP contribution in [0, 0.1) is 0 Å². The molecular formula is C10H15F4NO.